The van der Waals surface area contributed by atoms with Gasteiger partial charge in [0.05, 0.1) is 12.4 Å². The Balaban J connectivity index is 1.89. The van der Waals surface area contributed by atoms with E-state index in [0.29, 0.717) is 19.1 Å². The fourth-order valence-electron chi connectivity index (χ4n) is 2.36. The van der Waals surface area contributed by atoms with Crippen LogP contribution in [0.5, 0.6) is 0 Å². The van der Waals surface area contributed by atoms with Crippen molar-refractivity contribution in [1.29, 1.82) is 0 Å². The topological polar surface area (TPSA) is 67.4 Å². The molecule has 1 aliphatic rings. The zero-order valence-electron chi connectivity index (χ0n) is 12.5. The summed E-state index contributed by atoms with van der Waals surface area (Å²) in [6.45, 7) is 5.56. The second kappa shape index (κ2) is 7.89. The van der Waals surface area contributed by atoms with E-state index in [1.807, 2.05) is 31.2 Å². The first kappa shape index (κ1) is 16.4. The monoisotopic (exact) mass is 312 g/mol. The molecule has 1 aliphatic heterocycles. The van der Waals surface area contributed by atoms with E-state index in [2.05, 4.69) is 10.0 Å². The third-order valence-corrected chi connectivity index (χ3v) is 4.86. The molecule has 0 bridgehead atoms. The number of nitrogens with one attached hydrogen (secondary N) is 2. The van der Waals surface area contributed by atoms with Crippen LogP contribution in [-0.2, 0) is 27.1 Å². The van der Waals surface area contributed by atoms with Crippen LogP contribution >= 0.6 is 0 Å². The van der Waals surface area contributed by atoms with Gasteiger partial charge in [0.25, 0.3) is 0 Å². The summed E-state index contributed by atoms with van der Waals surface area (Å²) in [5, 5.41) is 3.24. The molecule has 1 unspecified atom stereocenters. The van der Waals surface area contributed by atoms with E-state index < -0.39 is 10.0 Å². The maximum atomic E-state index is 12.1. The average Bonchev–Trinajstić information content (AvgIpc) is 2.96. The highest BCUT2D eigenvalue weighted by molar-refractivity contribution is 7.88. The van der Waals surface area contributed by atoms with Crippen molar-refractivity contribution >= 4 is 10.0 Å². The molecule has 0 saturated carbocycles. The van der Waals surface area contributed by atoms with E-state index in [9.17, 15) is 8.42 Å². The van der Waals surface area contributed by atoms with Crippen molar-refractivity contribution in [3.8, 4) is 0 Å². The van der Waals surface area contributed by atoms with Crippen LogP contribution in [0.1, 0.15) is 24.5 Å². The van der Waals surface area contributed by atoms with Gasteiger partial charge in [0.2, 0.25) is 10.0 Å². The molecule has 21 heavy (non-hydrogen) atoms. The summed E-state index contributed by atoms with van der Waals surface area (Å²) in [5.74, 6) is 0.334. The van der Waals surface area contributed by atoms with Gasteiger partial charge in [-0.15, -0.1) is 0 Å². The third kappa shape index (κ3) is 5.74. The number of ether oxygens (including phenoxy) is 1. The Morgan fingerprint density at radius 2 is 2.14 bits per heavy atom. The maximum absolute atomic E-state index is 12.1. The van der Waals surface area contributed by atoms with Crippen molar-refractivity contribution in [2.75, 3.05) is 26.3 Å². The molecule has 2 rings (SSSR count). The summed E-state index contributed by atoms with van der Waals surface area (Å²) in [4.78, 5) is 0. The predicted octanol–water partition coefficient (Wildman–Crippen LogP) is 1.25. The Bertz CT molecular complexity index is 540. The van der Waals surface area contributed by atoms with Crippen LogP contribution in [0, 0.1) is 5.92 Å². The molecule has 2 N–H and O–H groups in total. The quantitative estimate of drug-likeness (QED) is 0.758. The largest absolute Gasteiger partial charge is 0.381 e. The highest BCUT2D eigenvalue weighted by Crippen LogP contribution is 2.13. The summed E-state index contributed by atoms with van der Waals surface area (Å²) in [6.07, 6.45) is 0.931. The average molecular weight is 312 g/mol. The van der Waals surface area contributed by atoms with Gasteiger partial charge in [-0.2, -0.15) is 0 Å². The fourth-order valence-corrected chi connectivity index (χ4v) is 3.57. The van der Waals surface area contributed by atoms with Gasteiger partial charge in [-0.3, -0.25) is 0 Å². The molecule has 0 amide bonds. The Hall–Kier alpha value is -0.950. The summed E-state index contributed by atoms with van der Waals surface area (Å²) >= 11 is 0. The van der Waals surface area contributed by atoms with Gasteiger partial charge < -0.3 is 10.1 Å². The van der Waals surface area contributed by atoms with Gasteiger partial charge in [-0.1, -0.05) is 31.2 Å². The molecular weight excluding hydrogens is 288 g/mol. The molecule has 0 aliphatic carbocycles. The molecule has 1 fully saturated rings. The standard InChI is InChI=1S/C15H24N2O3S/c1-2-16-9-13-4-3-5-14(8-13)12-21(18,19)17-10-15-6-7-20-11-15/h3-5,8,15-17H,2,6-7,9-12H2,1H3. The van der Waals surface area contributed by atoms with E-state index in [1.54, 1.807) is 0 Å². The van der Waals surface area contributed by atoms with Crippen LogP contribution in [0.3, 0.4) is 0 Å². The Morgan fingerprint density at radius 3 is 2.86 bits per heavy atom. The zero-order valence-corrected chi connectivity index (χ0v) is 13.3. The molecule has 1 heterocycles. The van der Waals surface area contributed by atoms with E-state index in [4.69, 9.17) is 4.74 Å². The van der Waals surface area contributed by atoms with Crippen LogP contribution in [0.2, 0.25) is 0 Å². The van der Waals surface area contributed by atoms with Crippen molar-refractivity contribution in [3.63, 3.8) is 0 Å². The predicted molar refractivity (Wildman–Crippen MR) is 83.4 cm³/mol. The maximum Gasteiger partial charge on any atom is 0.215 e. The first-order valence-electron chi connectivity index (χ1n) is 7.42. The lowest BCUT2D eigenvalue weighted by Gasteiger charge is -2.11. The minimum Gasteiger partial charge on any atom is -0.381 e. The normalized spacial score (nSPS) is 19.0. The molecule has 1 aromatic carbocycles. The van der Waals surface area contributed by atoms with Crippen LogP contribution < -0.4 is 10.0 Å². The minimum absolute atomic E-state index is 0.0283. The van der Waals surface area contributed by atoms with E-state index in [0.717, 1.165) is 37.2 Å². The molecule has 6 heteroatoms. The summed E-state index contributed by atoms with van der Waals surface area (Å²) in [6, 6.07) is 7.71. The highest BCUT2D eigenvalue weighted by atomic mass is 32.2. The van der Waals surface area contributed by atoms with Crippen molar-refractivity contribution in [2.24, 2.45) is 5.92 Å². The van der Waals surface area contributed by atoms with Gasteiger partial charge >= 0.3 is 0 Å². The molecule has 1 saturated heterocycles. The smallest absolute Gasteiger partial charge is 0.215 e. The van der Waals surface area contributed by atoms with Crippen LogP contribution in [-0.4, -0.2) is 34.7 Å². The lowest BCUT2D eigenvalue weighted by atomic mass is 10.1. The molecule has 0 aromatic heterocycles. The number of rotatable bonds is 8. The summed E-state index contributed by atoms with van der Waals surface area (Å²) in [7, 11) is -3.29. The highest BCUT2D eigenvalue weighted by Gasteiger charge is 2.19. The Kier molecular flexibility index (Phi) is 6.17. The van der Waals surface area contributed by atoms with Crippen LogP contribution in [0.15, 0.2) is 24.3 Å². The van der Waals surface area contributed by atoms with E-state index in [1.165, 1.54) is 0 Å². The first-order valence-corrected chi connectivity index (χ1v) is 9.08. The van der Waals surface area contributed by atoms with Crippen molar-refractivity contribution in [2.45, 2.75) is 25.6 Å². The van der Waals surface area contributed by atoms with Gasteiger partial charge in [-0.05, 0) is 30.0 Å². The van der Waals surface area contributed by atoms with Crippen LogP contribution in [0.4, 0.5) is 0 Å². The second-order valence-corrected chi connectivity index (χ2v) is 7.24. The number of hydrogen-bond acceptors (Lipinski definition) is 4. The first-order chi connectivity index (χ1) is 10.1. The molecule has 5 nitrogen and oxygen atoms in total. The van der Waals surface area contributed by atoms with Gasteiger partial charge in [0.1, 0.15) is 0 Å². The van der Waals surface area contributed by atoms with Crippen molar-refractivity contribution in [1.82, 2.24) is 10.0 Å². The molecular formula is C15H24N2O3S. The van der Waals surface area contributed by atoms with Crippen molar-refractivity contribution in [3.05, 3.63) is 35.4 Å². The summed E-state index contributed by atoms with van der Waals surface area (Å²) < 4.78 is 32.2. The minimum atomic E-state index is -3.29. The lowest BCUT2D eigenvalue weighted by molar-refractivity contribution is 0.186. The Labute approximate surface area is 127 Å². The number of sulfonamides is 1. The number of hydrogen-bond donors (Lipinski definition) is 2. The molecule has 0 radical (unpaired) electrons. The molecule has 118 valence electrons. The van der Waals surface area contributed by atoms with Gasteiger partial charge in [-0.25, -0.2) is 13.1 Å². The molecule has 1 atom stereocenters. The molecule has 0 spiro atoms. The molecule has 1 aromatic rings. The van der Waals surface area contributed by atoms with Gasteiger partial charge in [0.15, 0.2) is 0 Å². The number of benzene rings is 1. The summed E-state index contributed by atoms with van der Waals surface area (Å²) in [5.41, 5.74) is 1.93. The van der Waals surface area contributed by atoms with Gasteiger partial charge in [0, 0.05) is 19.7 Å². The third-order valence-electron chi connectivity index (χ3n) is 3.54. The fraction of sp³-hybridized carbons (Fsp3) is 0.600. The van der Waals surface area contributed by atoms with E-state index >= 15 is 0 Å². The Morgan fingerprint density at radius 1 is 1.33 bits per heavy atom. The zero-order chi connectivity index (χ0) is 15.1. The van der Waals surface area contributed by atoms with Crippen LogP contribution in [0.25, 0.3) is 0 Å². The second-order valence-electron chi connectivity index (χ2n) is 5.44. The van der Waals surface area contributed by atoms with Crippen molar-refractivity contribution < 1.29 is 13.2 Å². The van der Waals surface area contributed by atoms with E-state index in [-0.39, 0.29) is 5.75 Å². The lowest BCUT2D eigenvalue weighted by Crippen LogP contribution is -2.30. The SMILES string of the molecule is CCNCc1cccc(CS(=O)(=O)NCC2CCOC2)c1.